The summed E-state index contributed by atoms with van der Waals surface area (Å²) in [6.07, 6.45) is -4.83. The van der Waals surface area contributed by atoms with Crippen molar-refractivity contribution in [1.29, 1.82) is 0 Å². The third kappa shape index (κ3) is 5.98. The van der Waals surface area contributed by atoms with E-state index in [0.29, 0.717) is 19.5 Å². The summed E-state index contributed by atoms with van der Waals surface area (Å²) in [7, 11) is -3.48. The molecule has 1 heterocycles. The van der Waals surface area contributed by atoms with E-state index < -0.39 is 22.4 Å². The lowest BCUT2D eigenvalue weighted by Gasteiger charge is -2.33. The van der Waals surface area contributed by atoms with Gasteiger partial charge in [-0.1, -0.05) is 0 Å². The zero-order valence-electron chi connectivity index (χ0n) is 9.94. The second kappa shape index (κ2) is 6.18. The molecule has 1 rings (SSSR count). The molecule has 1 aliphatic heterocycles. The maximum absolute atomic E-state index is 12.4. The molecule has 0 N–H and O–H groups in total. The van der Waals surface area contributed by atoms with Gasteiger partial charge in [0.25, 0.3) is 10.1 Å². The second-order valence-corrected chi connectivity index (χ2v) is 5.73. The van der Waals surface area contributed by atoms with Gasteiger partial charge in [0.2, 0.25) is 0 Å². The van der Waals surface area contributed by atoms with Crippen LogP contribution in [0.25, 0.3) is 0 Å². The van der Waals surface area contributed by atoms with E-state index in [1.165, 1.54) is 0 Å². The van der Waals surface area contributed by atoms with Gasteiger partial charge in [-0.05, 0) is 6.42 Å². The Bertz CT molecular complexity index is 357. The van der Waals surface area contributed by atoms with Gasteiger partial charge in [-0.25, -0.2) is 0 Å². The van der Waals surface area contributed by atoms with Crippen LogP contribution < -0.4 is 0 Å². The highest BCUT2D eigenvalue weighted by molar-refractivity contribution is 7.85. The van der Waals surface area contributed by atoms with Crippen molar-refractivity contribution in [2.45, 2.75) is 18.7 Å². The predicted molar refractivity (Wildman–Crippen MR) is 57.6 cm³/mol. The maximum atomic E-state index is 12.4. The Balaban J connectivity index is 2.27. The van der Waals surface area contributed by atoms with Crippen LogP contribution in [0.15, 0.2) is 0 Å². The molecule has 0 aromatic heterocycles. The fraction of sp³-hybridized carbons (Fsp3) is 1.00. The van der Waals surface area contributed by atoms with Crippen molar-refractivity contribution >= 4 is 10.1 Å². The average Bonchev–Trinajstić information content (AvgIpc) is 2.22. The standard InChI is InChI=1S/C9H16F3NO4S/c1-18(14,15)17-5-2-3-13-4-6-16-8(7-13)9(10,11)12/h8H,2-7H2,1H3. The molecule has 5 nitrogen and oxygen atoms in total. The number of ether oxygens (including phenoxy) is 1. The highest BCUT2D eigenvalue weighted by Gasteiger charge is 2.43. The Kier molecular flexibility index (Phi) is 5.38. The molecule has 0 aromatic rings. The molecule has 0 spiro atoms. The van der Waals surface area contributed by atoms with Crippen molar-refractivity contribution in [3.63, 3.8) is 0 Å². The molecule has 1 aliphatic rings. The molecule has 1 atom stereocenters. The average molecular weight is 291 g/mol. The zero-order chi connectivity index (χ0) is 13.8. The van der Waals surface area contributed by atoms with Gasteiger partial charge in [0.05, 0.1) is 19.5 Å². The third-order valence-electron chi connectivity index (χ3n) is 2.43. The highest BCUT2D eigenvalue weighted by Crippen LogP contribution is 2.25. The number of nitrogens with zero attached hydrogens (tertiary/aromatic N) is 1. The molecule has 18 heavy (non-hydrogen) atoms. The summed E-state index contributed by atoms with van der Waals surface area (Å²) < 4.78 is 67.7. The van der Waals surface area contributed by atoms with Crippen LogP contribution in [-0.4, -0.2) is 64.7 Å². The van der Waals surface area contributed by atoms with Crippen molar-refractivity contribution in [3.8, 4) is 0 Å². The molecule has 0 bridgehead atoms. The molecule has 0 saturated carbocycles. The molecule has 0 amide bonds. The van der Waals surface area contributed by atoms with Crippen LogP contribution in [0.1, 0.15) is 6.42 Å². The van der Waals surface area contributed by atoms with Crippen molar-refractivity contribution in [3.05, 3.63) is 0 Å². The lowest BCUT2D eigenvalue weighted by atomic mass is 10.2. The van der Waals surface area contributed by atoms with Gasteiger partial charge < -0.3 is 4.74 Å². The van der Waals surface area contributed by atoms with Crippen LogP contribution in [0.2, 0.25) is 0 Å². The van der Waals surface area contributed by atoms with E-state index in [4.69, 9.17) is 0 Å². The predicted octanol–water partition coefficient (Wildman–Crippen LogP) is 0.616. The normalized spacial score (nSPS) is 23.2. The third-order valence-corrected chi connectivity index (χ3v) is 3.03. The Morgan fingerprint density at radius 3 is 2.67 bits per heavy atom. The quantitative estimate of drug-likeness (QED) is 0.549. The Labute approximate surface area is 104 Å². The van der Waals surface area contributed by atoms with Gasteiger partial charge in [-0.2, -0.15) is 21.6 Å². The van der Waals surface area contributed by atoms with E-state index in [1.54, 1.807) is 4.90 Å². The summed E-state index contributed by atoms with van der Waals surface area (Å²) in [5.41, 5.74) is 0. The lowest BCUT2D eigenvalue weighted by Crippen LogP contribution is -2.49. The van der Waals surface area contributed by atoms with Crippen molar-refractivity contribution in [1.82, 2.24) is 4.90 Å². The SMILES string of the molecule is CS(=O)(=O)OCCCN1CCOC(C(F)(F)F)C1. The van der Waals surface area contributed by atoms with Gasteiger partial charge in [-0.3, -0.25) is 9.08 Å². The fourth-order valence-corrected chi connectivity index (χ4v) is 2.02. The largest absolute Gasteiger partial charge is 0.415 e. The molecule has 1 saturated heterocycles. The van der Waals surface area contributed by atoms with E-state index in [9.17, 15) is 21.6 Å². The van der Waals surface area contributed by atoms with E-state index in [2.05, 4.69) is 8.92 Å². The lowest BCUT2D eigenvalue weighted by molar-refractivity contribution is -0.237. The van der Waals surface area contributed by atoms with E-state index >= 15 is 0 Å². The first-order chi connectivity index (χ1) is 8.18. The Hall–Kier alpha value is -0.380. The van der Waals surface area contributed by atoms with Crippen molar-refractivity contribution in [2.24, 2.45) is 0 Å². The summed E-state index contributed by atoms with van der Waals surface area (Å²) in [6.45, 7) is 0.545. The van der Waals surface area contributed by atoms with Gasteiger partial charge >= 0.3 is 6.18 Å². The molecule has 0 radical (unpaired) electrons. The first-order valence-corrected chi connectivity index (χ1v) is 7.25. The number of hydrogen-bond donors (Lipinski definition) is 0. The smallest absolute Gasteiger partial charge is 0.366 e. The highest BCUT2D eigenvalue weighted by atomic mass is 32.2. The van der Waals surface area contributed by atoms with Crippen LogP contribution >= 0.6 is 0 Å². The molecule has 1 fully saturated rings. The monoisotopic (exact) mass is 291 g/mol. The molecule has 1 unspecified atom stereocenters. The topological polar surface area (TPSA) is 55.8 Å². The van der Waals surface area contributed by atoms with Gasteiger partial charge in [0.15, 0.2) is 6.10 Å². The fourth-order valence-electron chi connectivity index (χ4n) is 1.60. The first-order valence-electron chi connectivity index (χ1n) is 5.43. The molecular weight excluding hydrogens is 275 g/mol. The number of alkyl halides is 3. The summed E-state index contributed by atoms with van der Waals surface area (Å²) in [4.78, 5) is 1.59. The van der Waals surface area contributed by atoms with E-state index in [0.717, 1.165) is 6.26 Å². The van der Waals surface area contributed by atoms with Crippen LogP contribution in [0.5, 0.6) is 0 Å². The summed E-state index contributed by atoms with van der Waals surface area (Å²) in [5, 5.41) is 0. The van der Waals surface area contributed by atoms with Crippen LogP contribution in [0.4, 0.5) is 13.2 Å². The number of rotatable bonds is 5. The van der Waals surface area contributed by atoms with E-state index in [-0.39, 0.29) is 19.8 Å². The molecule has 0 aliphatic carbocycles. The van der Waals surface area contributed by atoms with Gasteiger partial charge in [0, 0.05) is 19.6 Å². The molecular formula is C9H16F3NO4S. The summed E-state index contributed by atoms with van der Waals surface area (Å²) in [6, 6.07) is 0. The Morgan fingerprint density at radius 2 is 2.11 bits per heavy atom. The minimum absolute atomic E-state index is 0.0210. The summed E-state index contributed by atoms with van der Waals surface area (Å²) in [5.74, 6) is 0. The van der Waals surface area contributed by atoms with Crippen LogP contribution in [0, 0.1) is 0 Å². The maximum Gasteiger partial charge on any atom is 0.415 e. The molecule has 9 heteroatoms. The van der Waals surface area contributed by atoms with Gasteiger partial charge in [0.1, 0.15) is 0 Å². The van der Waals surface area contributed by atoms with Crippen molar-refractivity contribution in [2.75, 3.05) is 39.1 Å². The van der Waals surface area contributed by atoms with Crippen LogP contribution in [-0.2, 0) is 19.0 Å². The number of hydrogen-bond acceptors (Lipinski definition) is 5. The first kappa shape index (κ1) is 15.7. The Morgan fingerprint density at radius 1 is 1.44 bits per heavy atom. The van der Waals surface area contributed by atoms with Crippen molar-refractivity contribution < 1.29 is 30.5 Å². The molecule has 108 valence electrons. The minimum atomic E-state index is -4.36. The number of halogens is 3. The van der Waals surface area contributed by atoms with Crippen LogP contribution in [0.3, 0.4) is 0 Å². The number of morpholine rings is 1. The van der Waals surface area contributed by atoms with Gasteiger partial charge in [-0.15, -0.1) is 0 Å². The minimum Gasteiger partial charge on any atom is -0.366 e. The van der Waals surface area contributed by atoms with E-state index in [1.807, 2.05) is 0 Å². The second-order valence-electron chi connectivity index (χ2n) is 4.08. The summed E-state index contributed by atoms with van der Waals surface area (Å²) >= 11 is 0. The zero-order valence-corrected chi connectivity index (χ0v) is 10.8. The molecule has 0 aromatic carbocycles.